The minimum atomic E-state index is -0.231. The van der Waals surface area contributed by atoms with Crippen LogP contribution in [0.4, 0.5) is 16.0 Å². The fourth-order valence-electron chi connectivity index (χ4n) is 3.47. The van der Waals surface area contributed by atoms with Gasteiger partial charge in [0.2, 0.25) is 5.95 Å². The molecule has 33 heavy (non-hydrogen) atoms. The SMILES string of the molecule is C=C/C=C(\C=C/N(C)C(CC)c1cccc(F)c1)c1ccnc(Nc2ccnc(C=C)c2)n1. The van der Waals surface area contributed by atoms with E-state index in [1.807, 2.05) is 49.7 Å². The third-order valence-corrected chi connectivity index (χ3v) is 5.10. The molecule has 1 atom stereocenters. The molecule has 0 saturated heterocycles. The van der Waals surface area contributed by atoms with Gasteiger partial charge in [-0.2, -0.15) is 0 Å². The number of rotatable bonds is 10. The summed E-state index contributed by atoms with van der Waals surface area (Å²) in [5, 5.41) is 3.20. The Morgan fingerprint density at radius 1 is 1.15 bits per heavy atom. The lowest BCUT2D eigenvalue weighted by Gasteiger charge is -2.26. The van der Waals surface area contributed by atoms with E-state index < -0.39 is 0 Å². The molecule has 5 nitrogen and oxygen atoms in total. The van der Waals surface area contributed by atoms with Crippen LogP contribution in [0.2, 0.25) is 0 Å². The fraction of sp³-hybridized carbons (Fsp3) is 0.148. The predicted octanol–water partition coefficient (Wildman–Crippen LogP) is 6.56. The molecule has 1 unspecified atom stereocenters. The van der Waals surface area contributed by atoms with Crippen LogP contribution in [0.3, 0.4) is 0 Å². The largest absolute Gasteiger partial charge is 0.373 e. The molecule has 0 amide bonds. The summed E-state index contributed by atoms with van der Waals surface area (Å²) in [5.41, 5.74) is 4.14. The molecule has 0 aliphatic heterocycles. The maximum Gasteiger partial charge on any atom is 0.227 e. The first-order valence-electron chi connectivity index (χ1n) is 10.7. The van der Waals surface area contributed by atoms with Crippen molar-refractivity contribution >= 4 is 23.3 Å². The van der Waals surface area contributed by atoms with Crippen molar-refractivity contribution in [2.24, 2.45) is 0 Å². The zero-order chi connectivity index (χ0) is 23.6. The lowest BCUT2D eigenvalue weighted by molar-refractivity contribution is 0.327. The van der Waals surface area contributed by atoms with Crippen LogP contribution < -0.4 is 5.32 Å². The molecule has 6 heteroatoms. The number of halogens is 1. The standard InChI is InChI=1S/C27H28FN5/c1-5-9-20(14-17-33(4)26(7-3)21-10-8-11-22(28)18-21)25-13-16-30-27(32-25)31-24-12-15-29-23(6-2)19-24/h5-6,8-19,26H,1-2,7H2,3-4H3,(H,29,30,31,32)/b17-14-,20-9+. The van der Waals surface area contributed by atoms with E-state index in [4.69, 9.17) is 0 Å². The third-order valence-electron chi connectivity index (χ3n) is 5.10. The number of anilines is 2. The molecule has 168 valence electrons. The molecule has 0 fully saturated rings. The van der Waals surface area contributed by atoms with E-state index in [2.05, 4.69) is 45.3 Å². The summed E-state index contributed by atoms with van der Waals surface area (Å²) >= 11 is 0. The zero-order valence-electron chi connectivity index (χ0n) is 18.9. The van der Waals surface area contributed by atoms with Crippen LogP contribution in [-0.4, -0.2) is 26.9 Å². The molecule has 0 saturated carbocycles. The van der Waals surface area contributed by atoms with Gasteiger partial charge < -0.3 is 10.2 Å². The van der Waals surface area contributed by atoms with Gasteiger partial charge in [-0.05, 0) is 60.7 Å². The van der Waals surface area contributed by atoms with E-state index in [1.54, 1.807) is 36.7 Å². The van der Waals surface area contributed by atoms with Gasteiger partial charge in [-0.15, -0.1) is 0 Å². The number of allylic oxidation sites excluding steroid dienone is 4. The van der Waals surface area contributed by atoms with Crippen LogP contribution in [0.15, 0.2) is 92.4 Å². The van der Waals surface area contributed by atoms with Gasteiger partial charge in [-0.3, -0.25) is 4.98 Å². The Labute approximate surface area is 194 Å². The molecule has 2 aromatic heterocycles. The highest BCUT2D eigenvalue weighted by Crippen LogP contribution is 2.25. The molecule has 0 bridgehead atoms. The number of hydrogen-bond donors (Lipinski definition) is 1. The Balaban J connectivity index is 1.81. The summed E-state index contributed by atoms with van der Waals surface area (Å²) in [6.07, 6.45) is 13.5. The Bertz CT molecular complexity index is 1170. The van der Waals surface area contributed by atoms with Gasteiger partial charge in [-0.1, -0.05) is 44.4 Å². The van der Waals surface area contributed by atoms with Gasteiger partial charge in [0.15, 0.2) is 0 Å². The van der Waals surface area contributed by atoms with Crippen molar-refractivity contribution in [2.45, 2.75) is 19.4 Å². The summed E-state index contributed by atoms with van der Waals surface area (Å²) in [6, 6.07) is 12.3. The van der Waals surface area contributed by atoms with Crippen molar-refractivity contribution in [1.29, 1.82) is 0 Å². The molecule has 0 aliphatic carbocycles. The van der Waals surface area contributed by atoms with Gasteiger partial charge in [0.25, 0.3) is 0 Å². The van der Waals surface area contributed by atoms with Crippen molar-refractivity contribution in [2.75, 3.05) is 12.4 Å². The lowest BCUT2D eigenvalue weighted by Crippen LogP contribution is -2.18. The highest BCUT2D eigenvalue weighted by Gasteiger charge is 2.13. The van der Waals surface area contributed by atoms with Crippen molar-refractivity contribution in [3.63, 3.8) is 0 Å². The smallest absolute Gasteiger partial charge is 0.227 e. The predicted molar refractivity (Wildman–Crippen MR) is 134 cm³/mol. The topological polar surface area (TPSA) is 53.9 Å². The summed E-state index contributed by atoms with van der Waals surface area (Å²) in [5.74, 6) is 0.239. The Morgan fingerprint density at radius 2 is 1.97 bits per heavy atom. The highest BCUT2D eigenvalue weighted by molar-refractivity contribution is 5.73. The Kier molecular flexibility index (Phi) is 8.24. The number of nitrogens with zero attached hydrogens (tertiary/aromatic N) is 4. The fourth-order valence-corrected chi connectivity index (χ4v) is 3.47. The first kappa shape index (κ1) is 23.6. The van der Waals surface area contributed by atoms with Crippen LogP contribution in [0.1, 0.15) is 36.3 Å². The second kappa shape index (κ2) is 11.5. The van der Waals surface area contributed by atoms with Gasteiger partial charge in [0.1, 0.15) is 5.82 Å². The molecule has 2 heterocycles. The van der Waals surface area contributed by atoms with Crippen molar-refractivity contribution < 1.29 is 4.39 Å². The first-order valence-corrected chi connectivity index (χ1v) is 10.7. The number of hydrogen-bond acceptors (Lipinski definition) is 5. The van der Waals surface area contributed by atoms with E-state index in [1.165, 1.54) is 6.07 Å². The summed E-state index contributed by atoms with van der Waals surface area (Å²) in [7, 11) is 1.98. The third kappa shape index (κ3) is 6.46. The molecule has 0 radical (unpaired) electrons. The molecule has 0 spiro atoms. The minimum Gasteiger partial charge on any atom is -0.373 e. The van der Waals surface area contributed by atoms with Crippen LogP contribution in [-0.2, 0) is 0 Å². The molecule has 1 aromatic carbocycles. The van der Waals surface area contributed by atoms with E-state index in [-0.39, 0.29) is 11.9 Å². The van der Waals surface area contributed by atoms with Crippen molar-refractivity contribution in [1.82, 2.24) is 19.9 Å². The normalized spacial score (nSPS) is 12.4. The Morgan fingerprint density at radius 3 is 2.70 bits per heavy atom. The maximum atomic E-state index is 13.7. The van der Waals surface area contributed by atoms with E-state index in [0.717, 1.165) is 34.6 Å². The summed E-state index contributed by atoms with van der Waals surface area (Å²) in [6.45, 7) is 9.66. The number of benzene rings is 1. The van der Waals surface area contributed by atoms with Gasteiger partial charge in [0, 0.05) is 30.7 Å². The van der Waals surface area contributed by atoms with Crippen molar-refractivity contribution in [3.8, 4) is 0 Å². The quantitative estimate of drug-likeness (QED) is 0.361. The van der Waals surface area contributed by atoms with E-state index in [9.17, 15) is 4.39 Å². The Hall–Kier alpha value is -4.06. The van der Waals surface area contributed by atoms with Crippen LogP contribution >= 0.6 is 0 Å². The van der Waals surface area contributed by atoms with Gasteiger partial charge in [0.05, 0.1) is 17.4 Å². The van der Waals surface area contributed by atoms with Crippen molar-refractivity contribution in [3.05, 3.63) is 115 Å². The monoisotopic (exact) mass is 441 g/mol. The molecule has 3 aromatic rings. The average Bonchev–Trinajstić information content (AvgIpc) is 2.82. The van der Waals surface area contributed by atoms with Crippen LogP contribution in [0.5, 0.6) is 0 Å². The second-order valence-corrected chi connectivity index (χ2v) is 7.38. The minimum absolute atomic E-state index is 0.0512. The number of aromatic nitrogens is 3. The average molecular weight is 442 g/mol. The van der Waals surface area contributed by atoms with E-state index in [0.29, 0.717) is 5.95 Å². The summed E-state index contributed by atoms with van der Waals surface area (Å²) < 4.78 is 13.7. The second-order valence-electron chi connectivity index (χ2n) is 7.38. The zero-order valence-corrected chi connectivity index (χ0v) is 18.9. The van der Waals surface area contributed by atoms with Gasteiger partial charge >= 0.3 is 0 Å². The molecule has 1 N–H and O–H groups in total. The molecular formula is C27H28FN5. The first-order chi connectivity index (χ1) is 16.0. The number of nitrogens with one attached hydrogen (secondary N) is 1. The molecule has 0 aliphatic rings. The summed E-state index contributed by atoms with van der Waals surface area (Å²) in [4.78, 5) is 15.3. The maximum absolute atomic E-state index is 13.7. The van der Waals surface area contributed by atoms with Crippen LogP contribution in [0, 0.1) is 5.82 Å². The highest BCUT2D eigenvalue weighted by atomic mass is 19.1. The molecule has 3 rings (SSSR count). The van der Waals surface area contributed by atoms with E-state index >= 15 is 0 Å². The number of pyridine rings is 1. The molecular weight excluding hydrogens is 413 g/mol. The van der Waals surface area contributed by atoms with Crippen LogP contribution in [0.25, 0.3) is 11.6 Å². The van der Waals surface area contributed by atoms with Gasteiger partial charge in [-0.25, -0.2) is 14.4 Å². The lowest BCUT2D eigenvalue weighted by atomic mass is 10.0.